The number of ether oxygens (including phenoxy) is 3. The largest absolute Gasteiger partial charge is 0.462 e. The molecule has 6 heteroatoms. The molecule has 65 heavy (non-hydrogen) atoms. The van der Waals surface area contributed by atoms with Crippen molar-refractivity contribution in [1.29, 1.82) is 0 Å². The summed E-state index contributed by atoms with van der Waals surface area (Å²) in [5, 5.41) is 0. The Morgan fingerprint density at radius 3 is 1.00 bits per heavy atom. The molecule has 0 spiro atoms. The standard InChI is InChI=1S/C59H98O6/c1-4-7-10-13-16-19-22-25-27-28-29-30-32-35-37-40-43-46-49-52-58(61)64-55-56(65-59(62)53-50-47-44-41-38-33-24-21-18-15-12-9-6-3)54-63-57(60)51-48-45-42-39-36-34-31-26-23-20-17-14-11-8-5-2/h16-17,19-21,24-27,29-31,35,37,43,46,56H,4-15,18,22-23,28,32-34,36,38-42,44-45,47-55H2,1-3H3/b19-16-,20-17-,24-21-,27-25-,30-29-,31-26-,37-35-,46-43-/t56-/m0/s1. The summed E-state index contributed by atoms with van der Waals surface area (Å²) in [5.74, 6) is -1.02. The van der Waals surface area contributed by atoms with Crippen molar-refractivity contribution < 1.29 is 28.6 Å². The molecular formula is C59H98O6. The van der Waals surface area contributed by atoms with Gasteiger partial charge in [0, 0.05) is 19.3 Å². The van der Waals surface area contributed by atoms with Crippen molar-refractivity contribution in [3.05, 3.63) is 97.2 Å². The molecule has 0 aromatic carbocycles. The number of esters is 3. The quantitative estimate of drug-likeness (QED) is 0.0262. The third kappa shape index (κ3) is 51.2. The zero-order valence-corrected chi connectivity index (χ0v) is 42.2. The van der Waals surface area contributed by atoms with E-state index in [9.17, 15) is 14.4 Å². The first-order chi connectivity index (χ1) is 32.0. The molecule has 0 aliphatic heterocycles. The third-order valence-corrected chi connectivity index (χ3v) is 11.0. The maximum atomic E-state index is 12.8. The number of hydrogen-bond donors (Lipinski definition) is 0. The predicted molar refractivity (Wildman–Crippen MR) is 279 cm³/mol. The zero-order valence-electron chi connectivity index (χ0n) is 42.2. The van der Waals surface area contributed by atoms with Crippen LogP contribution in [-0.4, -0.2) is 37.2 Å². The van der Waals surface area contributed by atoms with Gasteiger partial charge in [-0.3, -0.25) is 14.4 Å². The van der Waals surface area contributed by atoms with Gasteiger partial charge in [0.25, 0.3) is 0 Å². The Labute approximate surface area is 400 Å². The maximum absolute atomic E-state index is 12.8. The molecule has 0 heterocycles. The van der Waals surface area contributed by atoms with Gasteiger partial charge in [-0.15, -0.1) is 0 Å². The second-order valence-corrected chi connectivity index (χ2v) is 17.4. The minimum Gasteiger partial charge on any atom is -0.462 e. The number of carbonyl (C=O) groups is 3. The smallest absolute Gasteiger partial charge is 0.306 e. The zero-order chi connectivity index (χ0) is 47.2. The molecule has 6 nitrogen and oxygen atoms in total. The van der Waals surface area contributed by atoms with E-state index in [0.29, 0.717) is 19.3 Å². The average molecular weight is 903 g/mol. The molecule has 0 aromatic rings. The van der Waals surface area contributed by atoms with E-state index in [4.69, 9.17) is 14.2 Å². The molecule has 370 valence electrons. The van der Waals surface area contributed by atoms with Gasteiger partial charge in [0.2, 0.25) is 0 Å². The Morgan fingerprint density at radius 2 is 0.585 bits per heavy atom. The fourth-order valence-electron chi connectivity index (χ4n) is 6.98. The number of allylic oxidation sites excluding steroid dienone is 16. The fourth-order valence-corrected chi connectivity index (χ4v) is 6.98. The van der Waals surface area contributed by atoms with Crippen molar-refractivity contribution in [2.24, 2.45) is 0 Å². The summed E-state index contributed by atoms with van der Waals surface area (Å²) in [7, 11) is 0. The van der Waals surface area contributed by atoms with Crippen molar-refractivity contribution in [2.75, 3.05) is 13.2 Å². The first-order valence-corrected chi connectivity index (χ1v) is 26.7. The lowest BCUT2D eigenvalue weighted by atomic mass is 10.1. The topological polar surface area (TPSA) is 78.9 Å². The SMILES string of the molecule is CCCCC/C=C\C/C=C\C/C=C\C/C=C\C/C=C\CCC(=O)OC[C@H](COC(=O)CCCCCCC/C=C\C/C=C\CCCCC)OC(=O)CCCCCCC/C=C\CCCCCC. The molecule has 0 saturated heterocycles. The van der Waals surface area contributed by atoms with Crippen LogP contribution >= 0.6 is 0 Å². The highest BCUT2D eigenvalue weighted by Gasteiger charge is 2.19. The molecule has 0 aliphatic rings. The van der Waals surface area contributed by atoms with Gasteiger partial charge in [0.1, 0.15) is 13.2 Å². The molecule has 0 radical (unpaired) electrons. The lowest BCUT2D eigenvalue weighted by molar-refractivity contribution is -0.166. The van der Waals surface area contributed by atoms with Crippen LogP contribution in [0.5, 0.6) is 0 Å². The highest BCUT2D eigenvalue weighted by atomic mass is 16.6. The molecule has 0 unspecified atom stereocenters. The van der Waals surface area contributed by atoms with Crippen LogP contribution in [0.25, 0.3) is 0 Å². The second kappa shape index (κ2) is 52.9. The van der Waals surface area contributed by atoms with E-state index in [-0.39, 0.29) is 37.5 Å². The van der Waals surface area contributed by atoms with E-state index in [2.05, 4.69) is 112 Å². The number of carbonyl (C=O) groups excluding carboxylic acids is 3. The van der Waals surface area contributed by atoms with Gasteiger partial charge in [0.15, 0.2) is 6.10 Å². The number of hydrogen-bond acceptors (Lipinski definition) is 6. The number of unbranched alkanes of at least 4 members (excludes halogenated alkanes) is 20. The van der Waals surface area contributed by atoms with Crippen molar-refractivity contribution in [2.45, 2.75) is 245 Å². The Kier molecular flexibility index (Phi) is 50.0. The van der Waals surface area contributed by atoms with Crippen LogP contribution in [0.1, 0.15) is 239 Å². The summed E-state index contributed by atoms with van der Waals surface area (Å²) in [6.07, 6.45) is 69.7. The van der Waals surface area contributed by atoms with Crippen LogP contribution in [-0.2, 0) is 28.6 Å². The van der Waals surface area contributed by atoms with E-state index < -0.39 is 6.10 Å². The van der Waals surface area contributed by atoms with Gasteiger partial charge >= 0.3 is 17.9 Å². The van der Waals surface area contributed by atoms with Crippen LogP contribution in [0, 0.1) is 0 Å². The first kappa shape index (κ1) is 61.3. The van der Waals surface area contributed by atoms with E-state index in [1.807, 2.05) is 6.08 Å². The molecule has 0 bridgehead atoms. The Balaban J connectivity index is 4.53. The van der Waals surface area contributed by atoms with Gasteiger partial charge < -0.3 is 14.2 Å². The lowest BCUT2D eigenvalue weighted by Gasteiger charge is -2.18. The predicted octanol–water partition coefficient (Wildman–Crippen LogP) is 17.8. The molecule has 0 fully saturated rings. The molecule has 0 N–H and O–H groups in total. The van der Waals surface area contributed by atoms with Gasteiger partial charge in [-0.25, -0.2) is 0 Å². The van der Waals surface area contributed by atoms with Crippen molar-refractivity contribution >= 4 is 17.9 Å². The summed E-state index contributed by atoms with van der Waals surface area (Å²) >= 11 is 0. The van der Waals surface area contributed by atoms with Gasteiger partial charge in [-0.05, 0) is 116 Å². The van der Waals surface area contributed by atoms with Gasteiger partial charge in [0.05, 0.1) is 0 Å². The minimum atomic E-state index is -0.818. The summed E-state index contributed by atoms with van der Waals surface area (Å²) < 4.78 is 16.7. The summed E-state index contributed by atoms with van der Waals surface area (Å²) in [4.78, 5) is 38.0. The molecule has 1 atom stereocenters. The summed E-state index contributed by atoms with van der Waals surface area (Å²) in [6, 6.07) is 0. The molecule has 0 amide bonds. The van der Waals surface area contributed by atoms with Crippen molar-refractivity contribution in [3.8, 4) is 0 Å². The number of rotatable bonds is 47. The Hall–Kier alpha value is -3.67. The van der Waals surface area contributed by atoms with Gasteiger partial charge in [-0.2, -0.15) is 0 Å². The minimum absolute atomic E-state index is 0.112. The lowest BCUT2D eigenvalue weighted by Crippen LogP contribution is -2.30. The Morgan fingerprint density at radius 1 is 0.308 bits per heavy atom. The second-order valence-electron chi connectivity index (χ2n) is 17.4. The van der Waals surface area contributed by atoms with Crippen LogP contribution in [0.2, 0.25) is 0 Å². The molecule has 0 aliphatic carbocycles. The normalized spacial score (nSPS) is 12.8. The Bertz CT molecular complexity index is 1310. The van der Waals surface area contributed by atoms with Crippen LogP contribution in [0.4, 0.5) is 0 Å². The monoisotopic (exact) mass is 903 g/mol. The summed E-state index contributed by atoms with van der Waals surface area (Å²) in [6.45, 7) is 6.48. The maximum Gasteiger partial charge on any atom is 0.306 e. The third-order valence-electron chi connectivity index (χ3n) is 11.0. The molecule has 0 rings (SSSR count). The van der Waals surface area contributed by atoms with E-state index in [1.54, 1.807) is 0 Å². The summed E-state index contributed by atoms with van der Waals surface area (Å²) in [5.41, 5.74) is 0. The van der Waals surface area contributed by atoms with Crippen molar-refractivity contribution in [3.63, 3.8) is 0 Å². The first-order valence-electron chi connectivity index (χ1n) is 26.7. The van der Waals surface area contributed by atoms with E-state index in [0.717, 1.165) is 103 Å². The van der Waals surface area contributed by atoms with Crippen molar-refractivity contribution in [1.82, 2.24) is 0 Å². The van der Waals surface area contributed by atoms with Crippen LogP contribution in [0.3, 0.4) is 0 Å². The molecular weight excluding hydrogens is 805 g/mol. The van der Waals surface area contributed by atoms with Crippen LogP contribution in [0.15, 0.2) is 97.2 Å². The molecule has 0 saturated carbocycles. The highest BCUT2D eigenvalue weighted by molar-refractivity contribution is 5.71. The van der Waals surface area contributed by atoms with E-state index in [1.165, 1.54) is 89.9 Å². The highest BCUT2D eigenvalue weighted by Crippen LogP contribution is 2.13. The average Bonchev–Trinajstić information content (AvgIpc) is 3.30. The van der Waals surface area contributed by atoms with Crippen LogP contribution < -0.4 is 0 Å². The van der Waals surface area contributed by atoms with Gasteiger partial charge in [-0.1, -0.05) is 201 Å². The fraction of sp³-hybridized carbons (Fsp3) is 0.678. The molecule has 0 aromatic heterocycles. The van der Waals surface area contributed by atoms with E-state index >= 15 is 0 Å².